The Bertz CT molecular complexity index is 552. The predicted octanol–water partition coefficient (Wildman–Crippen LogP) is 3.14. The second-order valence-corrected chi connectivity index (χ2v) is 4.35. The van der Waals surface area contributed by atoms with Gasteiger partial charge >= 0.3 is 0 Å². The first-order chi connectivity index (χ1) is 9.15. The summed E-state index contributed by atoms with van der Waals surface area (Å²) in [6.45, 7) is 4.98. The van der Waals surface area contributed by atoms with E-state index in [1.807, 2.05) is 12.1 Å². The molecule has 1 aromatic carbocycles. The molecule has 1 aromatic heterocycles. The van der Waals surface area contributed by atoms with Crippen molar-refractivity contribution in [3.8, 4) is 5.88 Å². The van der Waals surface area contributed by atoms with E-state index in [-0.39, 0.29) is 0 Å². The van der Waals surface area contributed by atoms with Gasteiger partial charge in [0.25, 0.3) is 0 Å². The lowest BCUT2D eigenvalue weighted by molar-refractivity contribution is 0.400. The van der Waals surface area contributed by atoms with Gasteiger partial charge in [0, 0.05) is 12.2 Å². The minimum absolute atomic E-state index is 0.461. The van der Waals surface area contributed by atoms with Crippen LogP contribution in [0.5, 0.6) is 5.88 Å². The average molecular weight is 257 g/mol. The number of ether oxygens (including phenoxy) is 1. The van der Waals surface area contributed by atoms with E-state index in [1.165, 1.54) is 5.56 Å². The number of aryl methyl sites for hydroxylation is 1. The van der Waals surface area contributed by atoms with E-state index >= 15 is 0 Å². The molecule has 0 aliphatic carbocycles. The first kappa shape index (κ1) is 13.2. The summed E-state index contributed by atoms with van der Waals surface area (Å²) in [5.41, 5.74) is 8.68. The van der Waals surface area contributed by atoms with Crippen molar-refractivity contribution in [3.63, 3.8) is 0 Å². The van der Waals surface area contributed by atoms with E-state index in [9.17, 15) is 0 Å². The third-order valence-electron chi connectivity index (χ3n) is 3.01. The van der Waals surface area contributed by atoms with Crippen molar-refractivity contribution in [2.75, 3.05) is 24.3 Å². The zero-order valence-electron chi connectivity index (χ0n) is 11.6. The molecule has 0 aliphatic heterocycles. The topological polar surface area (TPSA) is 51.4 Å². The van der Waals surface area contributed by atoms with Gasteiger partial charge in [0.1, 0.15) is 5.82 Å². The summed E-state index contributed by atoms with van der Waals surface area (Å²) >= 11 is 0. The van der Waals surface area contributed by atoms with Crippen LogP contribution in [0.3, 0.4) is 0 Å². The SMILES string of the molecule is CCN(c1ccc(C)cc1)c1ccc(N)c(OC)n1. The van der Waals surface area contributed by atoms with E-state index in [0.29, 0.717) is 11.6 Å². The Morgan fingerprint density at radius 3 is 2.42 bits per heavy atom. The zero-order chi connectivity index (χ0) is 13.8. The van der Waals surface area contributed by atoms with E-state index < -0.39 is 0 Å². The highest BCUT2D eigenvalue weighted by Gasteiger charge is 2.11. The summed E-state index contributed by atoms with van der Waals surface area (Å²) in [4.78, 5) is 6.55. The first-order valence-electron chi connectivity index (χ1n) is 6.30. The summed E-state index contributed by atoms with van der Waals surface area (Å²) in [6, 6.07) is 12.1. The van der Waals surface area contributed by atoms with Gasteiger partial charge in [0.05, 0.1) is 12.8 Å². The van der Waals surface area contributed by atoms with Gasteiger partial charge < -0.3 is 15.4 Å². The normalized spacial score (nSPS) is 10.3. The molecular weight excluding hydrogens is 238 g/mol. The Morgan fingerprint density at radius 2 is 1.84 bits per heavy atom. The van der Waals surface area contributed by atoms with Gasteiger partial charge in [-0.05, 0) is 38.1 Å². The summed E-state index contributed by atoms with van der Waals surface area (Å²) in [7, 11) is 1.57. The zero-order valence-corrected chi connectivity index (χ0v) is 11.6. The molecule has 0 radical (unpaired) electrons. The lowest BCUT2D eigenvalue weighted by Crippen LogP contribution is -2.17. The van der Waals surface area contributed by atoms with Crippen LogP contribution in [-0.4, -0.2) is 18.6 Å². The Balaban J connectivity index is 2.39. The fourth-order valence-electron chi connectivity index (χ4n) is 1.96. The van der Waals surface area contributed by atoms with Gasteiger partial charge in [-0.15, -0.1) is 0 Å². The van der Waals surface area contributed by atoms with Gasteiger partial charge in [-0.3, -0.25) is 0 Å². The van der Waals surface area contributed by atoms with Crippen molar-refractivity contribution in [3.05, 3.63) is 42.0 Å². The van der Waals surface area contributed by atoms with Gasteiger partial charge in [0.15, 0.2) is 0 Å². The highest BCUT2D eigenvalue weighted by molar-refractivity contribution is 5.63. The van der Waals surface area contributed by atoms with Crippen molar-refractivity contribution in [1.82, 2.24) is 4.98 Å². The molecule has 4 heteroatoms. The van der Waals surface area contributed by atoms with Crippen LogP contribution >= 0.6 is 0 Å². The number of pyridine rings is 1. The molecule has 0 fully saturated rings. The van der Waals surface area contributed by atoms with E-state index in [4.69, 9.17) is 10.5 Å². The Labute approximate surface area is 113 Å². The van der Waals surface area contributed by atoms with Crippen LogP contribution in [0.25, 0.3) is 0 Å². The van der Waals surface area contributed by atoms with E-state index in [2.05, 4.69) is 48.0 Å². The van der Waals surface area contributed by atoms with Crippen LogP contribution in [0, 0.1) is 6.92 Å². The van der Waals surface area contributed by atoms with Crippen LogP contribution in [-0.2, 0) is 0 Å². The van der Waals surface area contributed by atoms with Crippen molar-refractivity contribution >= 4 is 17.2 Å². The van der Waals surface area contributed by atoms with E-state index in [0.717, 1.165) is 18.1 Å². The molecule has 2 rings (SSSR count). The number of benzene rings is 1. The molecule has 0 spiro atoms. The minimum atomic E-state index is 0.461. The molecule has 2 aromatic rings. The Hall–Kier alpha value is -2.23. The summed E-state index contributed by atoms with van der Waals surface area (Å²) in [5.74, 6) is 1.29. The van der Waals surface area contributed by atoms with Crippen molar-refractivity contribution in [2.24, 2.45) is 0 Å². The summed E-state index contributed by atoms with van der Waals surface area (Å²) < 4.78 is 5.17. The van der Waals surface area contributed by atoms with Crippen molar-refractivity contribution in [2.45, 2.75) is 13.8 Å². The second kappa shape index (κ2) is 5.61. The molecule has 19 heavy (non-hydrogen) atoms. The van der Waals surface area contributed by atoms with Crippen molar-refractivity contribution in [1.29, 1.82) is 0 Å². The number of aromatic nitrogens is 1. The van der Waals surface area contributed by atoms with Crippen LogP contribution in [0.2, 0.25) is 0 Å². The van der Waals surface area contributed by atoms with Gasteiger partial charge in [-0.2, -0.15) is 4.98 Å². The molecule has 0 unspecified atom stereocenters. The predicted molar refractivity (Wildman–Crippen MR) is 79.1 cm³/mol. The number of anilines is 3. The van der Waals surface area contributed by atoms with Gasteiger partial charge in [-0.25, -0.2) is 0 Å². The van der Waals surface area contributed by atoms with Gasteiger partial charge in [-0.1, -0.05) is 17.7 Å². The Morgan fingerprint density at radius 1 is 1.16 bits per heavy atom. The lowest BCUT2D eigenvalue weighted by atomic mass is 10.2. The highest BCUT2D eigenvalue weighted by atomic mass is 16.5. The number of nitrogens with zero attached hydrogens (tertiary/aromatic N) is 2. The fraction of sp³-hybridized carbons (Fsp3) is 0.267. The molecule has 4 nitrogen and oxygen atoms in total. The lowest BCUT2D eigenvalue weighted by Gasteiger charge is -2.23. The molecule has 0 amide bonds. The molecule has 0 saturated carbocycles. The molecule has 0 atom stereocenters. The summed E-state index contributed by atoms with van der Waals surface area (Å²) in [6.07, 6.45) is 0. The van der Waals surface area contributed by atoms with Crippen LogP contribution in [0.1, 0.15) is 12.5 Å². The molecule has 100 valence electrons. The first-order valence-corrected chi connectivity index (χ1v) is 6.30. The number of nitrogen functional groups attached to an aromatic ring is 1. The molecule has 0 aliphatic rings. The smallest absolute Gasteiger partial charge is 0.238 e. The highest BCUT2D eigenvalue weighted by Crippen LogP contribution is 2.28. The number of methoxy groups -OCH3 is 1. The maximum atomic E-state index is 5.79. The third-order valence-corrected chi connectivity index (χ3v) is 3.01. The molecule has 0 bridgehead atoms. The summed E-state index contributed by atoms with van der Waals surface area (Å²) in [5, 5.41) is 0. The second-order valence-electron chi connectivity index (χ2n) is 4.35. The van der Waals surface area contributed by atoms with Crippen LogP contribution in [0.15, 0.2) is 36.4 Å². The largest absolute Gasteiger partial charge is 0.479 e. The fourth-order valence-corrected chi connectivity index (χ4v) is 1.96. The third kappa shape index (κ3) is 2.78. The number of hydrogen-bond donors (Lipinski definition) is 1. The monoisotopic (exact) mass is 257 g/mol. The van der Waals surface area contributed by atoms with Crippen molar-refractivity contribution < 1.29 is 4.74 Å². The van der Waals surface area contributed by atoms with E-state index in [1.54, 1.807) is 7.11 Å². The Kier molecular flexibility index (Phi) is 3.90. The maximum Gasteiger partial charge on any atom is 0.238 e. The quantitative estimate of drug-likeness (QED) is 0.914. The molecule has 0 saturated heterocycles. The number of rotatable bonds is 4. The molecule has 1 heterocycles. The molecular formula is C15H19N3O. The van der Waals surface area contributed by atoms with Crippen LogP contribution in [0.4, 0.5) is 17.2 Å². The number of nitrogens with two attached hydrogens (primary N) is 1. The average Bonchev–Trinajstić information content (AvgIpc) is 2.43. The maximum absolute atomic E-state index is 5.79. The standard InChI is InChI=1S/C15H19N3O/c1-4-18(12-7-5-11(2)6-8-12)14-10-9-13(16)15(17-14)19-3/h5-10H,4,16H2,1-3H3. The van der Waals surface area contributed by atoms with Gasteiger partial charge in [0.2, 0.25) is 5.88 Å². The van der Waals surface area contributed by atoms with Crippen LogP contribution < -0.4 is 15.4 Å². The minimum Gasteiger partial charge on any atom is -0.479 e. The molecule has 2 N–H and O–H groups in total. The number of hydrogen-bond acceptors (Lipinski definition) is 4.